The van der Waals surface area contributed by atoms with Crippen molar-refractivity contribution in [3.8, 4) is 0 Å². The van der Waals surface area contributed by atoms with Crippen LogP contribution in [-0.2, 0) is 0 Å². The summed E-state index contributed by atoms with van der Waals surface area (Å²) < 4.78 is 0. The molecule has 0 fully saturated rings. The highest BCUT2D eigenvalue weighted by Crippen LogP contribution is 1.98. The standard InChI is InChI=1S/C9H23N3.C2H6/c1-4-12(5-2)8-6-7-9(3)11-10;1-2/h9,11H,4-8,10H2,1-3H3;1-2H3. The van der Waals surface area contributed by atoms with Gasteiger partial charge in [-0.2, -0.15) is 0 Å². The maximum absolute atomic E-state index is 5.29. The maximum Gasteiger partial charge on any atom is 0.0182 e. The molecule has 0 rings (SSSR count). The molecule has 3 N–H and O–H groups in total. The second kappa shape index (κ2) is 12.9. The zero-order chi connectivity index (χ0) is 11.4. The monoisotopic (exact) mass is 203 g/mol. The van der Waals surface area contributed by atoms with Crippen molar-refractivity contribution >= 4 is 0 Å². The minimum atomic E-state index is 0.445. The Kier molecular flexibility index (Phi) is 15.0. The molecule has 0 aliphatic carbocycles. The van der Waals surface area contributed by atoms with Gasteiger partial charge in [0.15, 0.2) is 0 Å². The highest BCUT2D eigenvalue weighted by Gasteiger charge is 2.01. The molecule has 0 saturated carbocycles. The zero-order valence-corrected chi connectivity index (χ0v) is 10.6. The Balaban J connectivity index is 0. The van der Waals surface area contributed by atoms with Crippen molar-refractivity contribution in [3.05, 3.63) is 0 Å². The number of hydrogen-bond acceptors (Lipinski definition) is 3. The Labute approximate surface area is 90.0 Å². The first-order valence-corrected chi connectivity index (χ1v) is 5.93. The zero-order valence-electron chi connectivity index (χ0n) is 10.6. The Morgan fingerprint density at radius 3 is 2.07 bits per heavy atom. The van der Waals surface area contributed by atoms with Gasteiger partial charge in [0.05, 0.1) is 0 Å². The van der Waals surface area contributed by atoms with Gasteiger partial charge in [-0.15, -0.1) is 0 Å². The minimum Gasteiger partial charge on any atom is -0.304 e. The van der Waals surface area contributed by atoms with Crippen LogP contribution in [0.25, 0.3) is 0 Å². The van der Waals surface area contributed by atoms with Crippen LogP contribution in [0.2, 0.25) is 0 Å². The summed E-state index contributed by atoms with van der Waals surface area (Å²) in [6, 6.07) is 0.445. The summed E-state index contributed by atoms with van der Waals surface area (Å²) in [4.78, 5) is 2.43. The molecule has 0 aliphatic rings. The van der Waals surface area contributed by atoms with E-state index < -0.39 is 0 Å². The lowest BCUT2D eigenvalue weighted by molar-refractivity contribution is 0.291. The average molecular weight is 203 g/mol. The lowest BCUT2D eigenvalue weighted by Gasteiger charge is -2.18. The Morgan fingerprint density at radius 2 is 1.71 bits per heavy atom. The van der Waals surface area contributed by atoms with Crippen LogP contribution in [-0.4, -0.2) is 30.6 Å². The molecule has 0 spiro atoms. The lowest BCUT2D eigenvalue weighted by Crippen LogP contribution is -2.33. The van der Waals surface area contributed by atoms with Crippen LogP contribution in [0.15, 0.2) is 0 Å². The van der Waals surface area contributed by atoms with Crippen molar-refractivity contribution in [1.29, 1.82) is 0 Å². The molecule has 0 aromatic rings. The molecule has 14 heavy (non-hydrogen) atoms. The fourth-order valence-electron chi connectivity index (χ4n) is 1.24. The summed E-state index contributed by atoms with van der Waals surface area (Å²) in [7, 11) is 0. The van der Waals surface area contributed by atoms with Crippen molar-refractivity contribution in [3.63, 3.8) is 0 Å². The number of hydrazine groups is 1. The van der Waals surface area contributed by atoms with Gasteiger partial charge in [0.25, 0.3) is 0 Å². The average Bonchev–Trinajstić information content (AvgIpc) is 2.27. The molecule has 0 aromatic heterocycles. The number of nitrogens with one attached hydrogen (secondary N) is 1. The van der Waals surface area contributed by atoms with Gasteiger partial charge < -0.3 is 4.90 Å². The first kappa shape index (κ1) is 16.3. The molecule has 0 heterocycles. The highest BCUT2D eigenvalue weighted by atomic mass is 15.2. The molecule has 0 amide bonds. The Hall–Kier alpha value is -0.120. The summed E-state index contributed by atoms with van der Waals surface area (Å²) >= 11 is 0. The number of hydrogen-bond donors (Lipinski definition) is 2. The van der Waals surface area contributed by atoms with Crippen molar-refractivity contribution in [1.82, 2.24) is 10.3 Å². The minimum absolute atomic E-state index is 0.445. The molecule has 3 heteroatoms. The second-order valence-corrected chi connectivity index (χ2v) is 3.24. The number of nitrogens with zero attached hydrogens (tertiary/aromatic N) is 1. The normalized spacial score (nSPS) is 12.2. The Morgan fingerprint density at radius 1 is 1.21 bits per heavy atom. The summed E-state index contributed by atoms with van der Waals surface area (Å²) in [6.45, 7) is 14.0. The van der Waals surface area contributed by atoms with E-state index in [0.717, 1.165) is 19.5 Å². The number of rotatable bonds is 7. The first-order valence-electron chi connectivity index (χ1n) is 5.93. The molecule has 3 nitrogen and oxygen atoms in total. The van der Waals surface area contributed by atoms with Gasteiger partial charge in [-0.1, -0.05) is 27.7 Å². The summed E-state index contributed by atoms with van der Waals surface area (Å²) in [6.07, 6.45) is 2.39. The number of nitrogens with two attached hydrogens (primary N) is 1. The van der Waals surface area contributed by atoms with E-state index in [-0.39, 0.29) is 0 Å². The third kappa shape index (κ3) is 9.96. The molecule has 0 saturated heterocycles. The quantitative estimate of drug-likeness (QED) is 0.491. The summed E-state index contributed by atoms with van der Waals surface area (Å²) in [5.41, 5.74) is 2.76. The van der Waals surface area contributed by atoms with Gasteiger partial charge in [0, 0.05) is 6.04 Å². The van der Waals surface area contributed by atoms with E-state index in [1.54, 1.807) is 0 Å². The highest BCUT2D eigenvalue weighted by molar-refractivity contribution is 4.58. The molecule has 1 atom stereocenters. The van der Waals surface area contributed by atoms with Crippen LogP contribution >= 0.6 is 0 Å². The lowest BCUT2D eigenvalue weighted by atomic mass is 10.2. The van der Waals surface area contributed by atoms with Crippen molar-refractivity contribution in [2.45, 2.75) is 53.5 Å². The van der Waals surface area contributed by atoms with E-state index in [1.807, 2.05) is 13.8 Å². The summed E-state index contributed by atoms with van der Waals surface area (Å²) in [5.74, 6) is 5.29. The van der Waals surface area contributed by atoms with Crippen LogP contribution in [0.1, 0.15) is 47.5 Å². The Bertz CT molecular complexity index is 92.5. The first-order chi connectivity index (χ1) is 6.74. The molecule has 88 valence electrons. The van der Waals surface area contributed by atoms with E-state index in [0.29, 0.717) is 6.04 Å². The third-order valence-electron chi connectivity index (χ3n) is 2.29. The van der Waals surface area contributed by atoms with Crippen molar-refractivity contribution in [2.75, 3.05) is 19.6 Å². The smallest absolute Gasteiger partial charge is 0.0182 e. The van der Waals surface area contributed by atoms with Crippen LogP contribution < -0.4 is 11.3 Å². The van der Waals surface area contributed by atoms with Gasteiger partial charge in [-0.05, 0) is 39.4 Å². The topological polar surface area (TPSA) is 41.3 Å². The molecular weight excluding hydrogens is 174 g/mol. The predicted molar refractivity (Wildman–Crippen MR) is 65.2 cm³/mol. The fourth-order valence-corrected chi connectivity index (χ4v) is 1.24. The molecule has 0 bridgehead atoms. The van der Waals surface area contributed by atoms with Crippen LogP contribution in [0, 0.1) is 0 Å². The summed E-state index contributed by atoms with van der Waals surface area (Å²) in [5, 5.41) is 0. The van der Waals surface area contributed by atoms with Gasteiger partial charge in [0.2, 0.25) is 0 Å². The van der Waals surface area contributed by atoms with E-state index in [4.69, 9.17) is 5.84 Å². The molecule has 0 aliphatic heterocycles. The molecule has 1 unspecified atom stereocenters. The van der Waals surface area contributed by atoms with Gasteiger partial charge in [-0.3, -0.25) is 11.3 Å². The maximum atomic E-state index is 5.29. The van der Waals surface area contributed by atoms with E-state index in [9.17, 15) is 0 Å². The predicted octanol–water partition coefficient (Wildman–Crippen LogP) is 1.99. The largest absolute Gasteiger partial charge is 0.304 e. The molecule has 0 aromatic carbocycles. The van der Waals surface area contributed by atoms with E-state index in [2.05, 4.69) is 31.1 Å². The third-order valence-corrected chi connectivity index (χ3v) is 2.29. The van der Waals surface area contributed by atoms with Crippen LogP contribution in [0.4, 0.5) is 0 Å². The van der Waals surface area contributed by atoms with Crippen molar-refractivity contribution < 1.29 is 0 Å². The van der Waals surface area contributed by atoms with Crippen molar-refractivity contribution in [2.24, 2.45) is 5.84 Å². The van der Waals surface area contributed by atoms with Crippen LogP contribution in [0.5, 0.6) is 0 Å². The van der Waals surface area contributed by atoms with Gasteiger partial charge in [-0.25, -0.2) is 0 Å². The van der Waals surface area contributed by atoms with Gasteiger partial charge in [0.1, 0.15) is 0 Å². The molecule has 0 radical (unpaired) electrons. The van der Waals surface area contributed by atoms with Crippen LogP contribution in [0.3, 0.4) is 0 Å². The SMILES string of the molecule is CC.CCN(CC)CCCC(C)NN. The van der Waals surface area contributed by atoms with E-state index >= 15 is 0 Å². The second-order valence-electron chi connectivity index (χ2n) is 3.24. The van der Waals surface area contributed by atoms with E-state index in [1.165, 1.54) is 13.0 Å². The fraction of sp³-hybridized carbons (Fsp3) is 1.00. The molecular formula is C11H29N3. The van der Waals surface area contributed by atoms with Gasteiger partial charge >= 0.3 is 0 Å².